The number of hydrogen-bond donors (Lipinski definition) is 5. The number of amides is 4. The summed E-state index contributed by atoms with van der Waals surface area (Å²) in [5.41, 5.74) is 0.532. The van der Waals surface area contributed by atoms with Crippen molar-refractivity contribution in [2.24, 2.45) is 0 Å². The van der Waals surface area contributed by atoms with E-state index in [-0.39, 0.29) is 47.3 Å². The number of hydrogen-bond acceptors (Lipinski definition) is 11. The number of nitrogens with zero attached hydrogens (tertiary/aromatic N) is 8. The number of carboxylic acids is 1. The zero-order chi connectivity index (χ0) is 43.2. The minimum atomic E-state index is -1.11. The van der Waals surface area contributed by atoms with Crippen LogP contribution in [-0.2, 0) is 13.1 Å². The summed E-state index contributed by atoms with van der Waals surface area (Å²) in [7, 11) is 7.61. The maximum Gasteiger partial charge on any atom is 0.335 e. The van der Waals surface area contributed by atoms with E-state index in [0.29, 0.717) is 48.6 Å². The largest absolute Gasteiger partial charge is 0.478 e. The number of urea groups is 2. The highest BCUT2D eigenvalue weighted by atomic mass is 35.5. The summed E-state index contributed by atoms with van der Waals surface area (Å²) in [5, 5.41) is 20.7. The summed E-state index contributed by atoms with van der Waals surface area (Å²) in [6, 6.07) is 11.3. The Morgan fingerprint density at radius 2 is 1.17 bits per heavy atom. The van der Waals surface area contributed by atoms with Gasteiger partial charge in [0.2, 0.25) is 11.9 Å². The number of halogens is 5. The smallest absolute Gasteiger partial charge is 0.335 e. The third kappa shape index (κ3) is 9.46. The van der Waals surface area contributed by atoms with Crippen LogP contribution in [0, 0.1) is 23.3 Å². The quantitative estimate of drug-likeness (QED) is 0.0709. The maximum atomic E-state index is 14.7. The number of anilines is 6. The molecule has 0 saturated carbocycles. The Kier molecular flexibility index (Phi) is 13.3. The highest BCUT2D eigenvalue weighted by Crippen LogP contribution is 2.39. The molecule has 314 valence electrons. The fraction of sp³-hybridized carbons (Fsp3) is 0.256. The van der Waals surface area contributed by atoms with Crippen molar-refractivity contribution >= 4 is 64.5 Å². The molecule has 0 radical (unpaired) electrons. The van der Waals surface area contributed by atoms with Gasteiger partial charge in [-0.05, 0) is 64.6 Å². The lowest BCUT2D eigenvalue weighted by atomic mass is 10.0. The number of carboxylic acid groups (broad SMARTS) is 1. The summed E-state index contributed by atoms with van der Waals surface area (Å²) in [4.78, 5) is 59.6. The Labute approximate surface area is 346 Å². The number of rotatable bonds is 12. The van der Waals surface area contributed by atoms with Gasteiger partial charge >= 0.3 is 18.0 Å². The van der Waals surface area contributed by atoms with Gasteiger partial charge in [0.1, 0.15) is 39.8 Å². The van der Waals surface area contributed by atoms with E-state index in [1.165, 1.54) is 24.3 Å². The summed E-state index contributed by atoms with van der Waals surface area (Å²) in [6.45, 7) is 2.41. The second kappa shape index (κ2) is 18.5. The molecular formula is C39H39ClF4N12O4. The van der Waals surface area contributed by atoms with Gasteiger partial charge in [-0.15, -0.1) is 0 Å². The van der Waals surface area contributed by atoms with Gasteiger partial charge in [0, 0.05) is 37.3 Å². The summed E-state index contributed by atoms with van der Waals surface area (Å²) in [6.07, 6.45) is 0. The van der Waals surface area contributed by atoms with Gasteiger partial charge in [0.15, 0.2) is 11.6 Å². The van der Waals surface area contributed by atoms with E-state index in [0.717, 1.165) is 34.1 Å². The zero-order valence-corrected chi connectivity index (χ0v) is 33.4. The standard InChI is InChI=1S/C23H22F2N6O3.C16H17ClF2N6O/c1-30(2)10-9-26-22-28-18(13-5-3-6-14(11-13)21(32)33)15-12-27-23(34)31(20(15)29-22)19-16(24)7-4-8-17(19)25;1-24(2)7-6-20-15-22-13(17)9-8-21-16(26)25(14(9)23-15)12-10(18)4-3-5-11(12)19/h3-8,11H,9-10,12H2,1-2H3,(H,27,34)(H,32,33)(H,26,28,29);3-5H,6-8H2,1-2H3,(H,21,26)(H,20,22,23). The van der Waals surface area contributed by atoms with Crippen molar-refractivity contribution in [1.29, 1.82) is 0 Å². The monoisotopic (exact) mass is 850 g/mol. The number of carbonyl (C=O) groups is 3. The minimum Gasteiger partial charge on any atom is -0.478 e. The summed E-state index contributed by atoms with van der Waals surface area (Å²) < 4.78 is 57.8. The number of para-hydroxylation sites is 2. The molecular weight excluding hydrogens is 812 g/mol. The van der Waals surface area contributed by atoms with Crippen LogP contribution in [0.25, 0.3) is 11.3 Å². The van der Waals surface area contributed by atoms with Crippen molar-refractivity contribution in [3.8, 4) is 11.3 Å². The first-order valence-electron chi connectivity index (χ1n) is 18.3. The first kappa shape index (κ1) is 43.0. The highest BCUT2D eigenvalue weighted by molar-refractivity contribution is 6.31. The predicted molar refractivity (Wildman–Crippen MR) is 217 cm³/mol. The summed E-state index contributed by atoms with van der Waals surface area (Å²) in [5.74, 6) is -4.39. The molecule has 2 aliphatic rings. The molecule has 0 aliphatic carbocycles. The third-order valence-corrected chi connectivity index (χ3v) is 9.28. The van der Waals surface area contributed by atoms with Gasteiger partial charge in [-0.25, -0.2) is 51.7 Å². The average molecular weight is 851 g/mol. The van der Waals surface area contributed by atoms with Gasteiger partial charge in [-0.1, -0.05) is 35.9 Å². The number of fused-ring (bicyclic) bond motifs is 2. The molecule has 21 heteroatoms. The molecule has 3 aromatic carbocycles. The van der Waals surface area contributed by atoms with Crippen molar-refractivity contribution < 1.29 is 37.1 Å². The van der Waals surface area contributed by atoms with Gasteiger partial charge in [-0.3, -0.25) is 0 Å². The van der Waals surface area contributed by atoms with Crippen LogP contribution < -0.4 is 31.1 Å². The van der Waals surface area contributed by atoms with Crippen molar-refractivity contribution in [3.63, 3.8) is 0 Å². The Bertz CT molecular complexity index is 2400. The second-order valence-electron chi connectivity index (χ2n) is 13.8. The SMILES string of the molecule is CN(C)CCNc1nc(-c2cccc(C(=O)O)c2)c2c(n1)N(c1c(F)cccc1F)C(=O)NC2.CN(C)CCNc1nc(Cl)c2c(n1)N(c1c(F)cccc1F)C(=O)NC2. The molecule has 0 spiro atoms. The van der Waals surface area contributed by atoms with Crippen LogP contribution in [0.1, 0.15) is 21.5 Å². The zero-order valence-electron chi connectivity index (χ0n) is 32.7. The lowest BCUT2D eigenvalue weighted by Gasteiger charge is -2.30. The minimum absolute atomic E-state index is 0.00540. The van der Waals surface area contributed by atoms with Crippen molar-refractivity contribution in [2.45, 2.75) is 13.1 Å². The normalized spacial score (nSPS) is 13.2. The van der Waals surface area contributed by atoms with Crippen molar-refractivity contribution in [2.75, 3.05) is 74.8 Å². The number of aromatic carboxylic acids is 1. The molecule has 5 aromatic rings. The van der Waals surface area contributed by atoms with E-state index in [1.807, 2.05) is 38.0 Å². The van der Waals surface area contributed by atoms with Crippen LogP contribution in [0.4, 0.5) is 62.1 Å². The maximum absolute atomic E-state index is 14.7. The lowest BCUT2D eigenvalue weighted by Crippen LogP contribution is -2.43. The molecule has 2 aliphatic heterocycles. The first-order valence-corrected chi connectivity index (χ1v) is 18.6. The fourth-order valence-electron chi connectivity index (χ4n) is 6.08. The van der Waals surface area contributed by atoms with Crippen LogP contribution in [-0.4, -0.2) is 107 Å². The van der Waals surface area contributed by atoms with E-state index < -0.39 is 52.7 Å². The molecule has 0 fully saturated rings. The van der Waals surface area contributed by atoms with E-state index in [2.05, 4.69) is 41.2 Å². The Balaban J connectivity index is 0.000000209. The molecule has 4 heterocycles. The molecule has 16 nitrogen and oxygen atoms in total. The predicted octanol–water partition coefficient (Wildman–Crippen LogP) is 6.20. The van der Waals surface area contributed by atoms with Crippen LogP contribution in [0.5, 0.6) is 0 Å². The van der Waals surface area contributed by atoms with Gasteiger partial charge < -0.3 is 36.2 Å². The van der Waals surface area contributed by atoms with E-state index in [9.17, 15) is 37.1 Å². The molecule has 0 saturated heterocycles. The number of carbonyl (C=O) groups excluding carboxylic acids is 2. The second-order valence-corrected chi connectivity index (χ2v) is 14.2. The molecule has 60 heavy (non-hydrogen) atoms. The highest BCUT2D eigenvalue weighted by Gasteiger charge is 2.35. The molecule has 0 bridgehead atoms. The summed E-state index contributed by atoms with van der Waals surface area (Å²) >= 11 is 6.20. The number of likely N-dealkylation sites (N-methyl/N-ethyl adjacent to an activating group) is 2. The Morgan fingerprint density at radius 3 is 1.65 bits per heavy atom. The Morgan fingerprint density at radius 1 is 0.717 bits per heavy atom. The third-order valence-electron chi connectivity index (χ3n) is 8.97. The van der Waals surface area contributed by atoms with Crippen molar-refractivity contribution in [1.82, 2.24) is 40.4 Å². The molecule has 4 amide bonds. The van der Waals surface area contributed by atoms with Crippen LogP contribution in [0.2, 0.25) is 5.15 Å². The topological polar surface area (TPSA) is 184 Å². The van der Waals surface area contributed by atoms with Crippen molar-refractivity contribution in [3.05, 3.63) is 106 Å². The molecule has 5 N–H and O–H groups in total. The molecule has 0 atom stereocenters. The van der Waals surface area contributed by atoms with E-state index in [1.54, 1.807) is 12.1 Å². The van der Waals surface area contributed by atoms with Gasteiger partial charge in [0.25, 0.3) is 0 Å². The van der Waals surface area contributed by atoms with Crippen LogP contribution in [0.15, 0.2) is 60.7 Å². The van der Waals surface area contributed by atoms with Gasteiger partial charge in [0.05, 0.1) is 29.9 Å². The Hall–Kier alpha value is -6.64. The fourth-order valence-corrected chi connectivity index (χ4v) is 6.31. The first-order chi connectivity index (χ1) is 28.6. The lowest BCUT2D eigenvalue weighted by molar-refractivity contribution is 0.0696. The average Bonchev–Trinajstić information content (AvgIpc) is 3.19. The van der Waals surface area contributed by atoms with E-state index >= 15 is 0 Å². The van der Waals surface area contributed by atoms with Gasteiger partial charge in [-0.2, -0.15) is 9.97 Å². The number of benzene rings is 3. The van der Waals surface area contributed by atoms with Crippen LogP contribution in [0.3, 0.4) is 0 Å². The molecule has 2 aromatic heterocycles. The molecule has 7 rings (SSSR count). The number of nitrogens with one attached hydrogen (secondary N) is 4. The number of aromatic nitrogens is 4. The van der Waals surface area contributed by atoms with Crippen LogP contribution >= 0.6 is 11.6 Å². The van der Waals surface area contributed by atoms with E-state index in [4.69, 9.17) is 11.6 Å². The molecule has 0 unspecified atom stereocenters.